The Morgan fingerprint density at radius 2 is 2.11 bits per heavy atom. The van der Waals surface area contributed by atoms with Gasteiger partial charge in [-0.25, -0.2) is 0 Å². The van der Waals surface area contributed by atoms with E-state index in [-0.39, 0.29) is 5.56 Å². The third-order valence-electron chi connectivity index (χ3n) is 3.07. The first-order valence-corrected chi connectivity index (χ1v) is 6.19. The smallest absolute Gasteiger partial charge is 0.267 e. The maximum absolute atomic E-state index is 11.9. The van der Waals surface area contributed by atoms with Crippen molar-refractivity contribution in [3.05, 3.63) is 50.4 Å². The summed E-state index contributed by atoms with van der Waals surface area (Å²) < 4.78 is 1.77. The van der Waals surface area contributed by atoms with E-state index in [2.05, 4.69) is 5.10 Å². The summed E-state index contributed by atoms with van der Waals surface area (Å²) in [6, 6.07) is 5.60. The second-order valence-corrected chi connectivity index (χ2v) is 4.75. The summed E-state index contributed by atoms with van der Waals surface area (Å²) in [6.45, 7) is 4.34. The van der Waals surface area contributed by atoms with Gasteiger partial charge in [-0.2, -0.15) is 0 Å². The fraction of sp³-hybridized carbons (Fsp3) is 0.308. The molecule has 96 valence electrons. The third kappa shape index (κ3) is 2.21. The van der Waals surface area contributed by atoms with Gasteiger partial charge in [-0.3, -0.25) is 14.6 Å². The summed E-state index contributed by atoms with van der Waals surface area (Å²) >= 11 is 6.00. The molecule has 1 aromatic heterocycles. The van der Waals surface area contributed by atoms with Gasteiger partial charge in [0.25, 0.3) is 5.56 Å². The predicted molar refractivity (Wildman–Crippen MR) is 73.6 cm³/mol. The van der Waals surface area contributed by atoms with Gasteiger partial charge in [0.15, 0.2) is 0 Å². The van der Waals surface area contributed by atoms with Crippen molar-refractivity contribution in [1.29, 1.82) is 0 Å². The average Bonchev–Trinajstić information content (AvgIpc) is 2.61. The molecule has 0 aliphatic heterocycles. The van der Waals surface area contributed by atoms with Gasteiger partial charge in [-0.1, -0.05) is 17.7 Å². The van der Waals surface area contributed by atoms with Crippen molar-refractivity contribution in [3.8, 4) is 5.69 Å². The lowest BCUT2D eigenvalue weighted by Crippen LogP contribution is -2.12. The van der Waals surface area contributed by atoms with Crippen LogP contribution in [0, 0.1) is 13.8 Å². The molecule has 0 saturated heterocycles. The van der Waals surface area contributed by atoms with E-state index in [0.717, 1.165) is 22.5 Å². The standard InChI is InChI=1S/C13H16ClN3O/c1-8-3-4-10(14)7-12(8)17-9(2)11(5-6-15)13(18)16-17/h3-4,7H,5-6,15H2,1-2H3,(H,16,18). The monoisotopic (exact) mass is 265 g/mol. The lowest BCUT2D eigenvalue weighted by atomic mass is 10.1. The van der Waals surface area contributed by atoms with Crippen molar-refractivity contribution in [3.63, 3.8) is 0 Å². The van der Waals surface area contributed by atoms with Crippen LogP contribution in [0.25, 0.3) is 5.69 Å². The zero-order valence-electron chi connectivity index (χ0n) is 10.5. The highest BCUT2D eigenvalue weighted by Crippen LogP contribution is 2.20. The number of nitrogens with zero attached hydrogens (tertiary/aromatic N) is 1. The number of hydrogen-bond acceptors (Lipinski definition) is 2. The van der Waals surface area contributed by atoms with Crippen LogP contribution in [0.5, 0.6) is 0 Å². The molecule has 0 aliphatic carbocycles. The van der Waals surface area contributed by atoms with Gasteiger partial charge >= 0.3 is 0 Å². The van der Waals surface area contributed by atoms with Crippen molar-refractivity contribution in [2.45, 2.75) is 20.3 Å². The molecular weight excluding hydrogens is 250 g/mol. The van der Waals surface area contributed by atoms with Crippen LogP contribution < -0.4 is 11.3 Å². The van der Waals surface area contributed by atoms with Crippen molar-refractivity contribution in [1.82, 2.24) is 9.78 Å². The highest BCUT2D eigenvalue weighted by atomic mass is 35.5. The van der Waals surface area contributed by atoms with E-state index in [1.54, 1.807) is 4.68 Å². The van der Waals surface area contributed by atoms with E-state index in [4.69, 9.17) is 17.3 Å². The summed E-state index contributed by atoms with van der Waals surface area (Å²) in [5.74, 6) is 0. The van der Waals surface area contributed by atoms with Crippen LogP contribution in [0.4, 0.5) is 0 Å². The first kappa shape index (κ1) is 12.9. The Morgan fingerprint density at radius 1 is 1.39 bits per heavy atom. The highest BCUT2D eigenvalue weighted by molar-refractivity contribution is 6.30. The lowest BCUT2D eigenvalue weighted by Gasteiger charge is -2.10. The zero-order valence-corrected chi connectivity index (χ0v) is 11.2. The van der Waals surface area contributed by atoms with Crippen LogP contribution >= 0.6 is 11.6 Å². The first-order chi connectivity index (χ1) is 8.54. The molecule has 1 heterocycles. The summed E-state index contributed by atoms with van der Waals surface area (Å²) in [6.07, 6.45) is 0.577. The molecule has 5 heteroatoms. The van der Waals surface area contributed by atoms with Gasteiger partial charge in [0.1, 0.15) is 0 Å². The van der Waals surface area contributed by atoms with Crippen LogP contribution in [0.2, 0.25) is 5.02 Å². The molecule has 4 nitrogen and oxygen atoms in total. The first-order valence-electron chi connectivity index (χ1n) is 5.81. The van der Waals surface area contributed by atoms with E-state index < -0.39 is 0 Å². The molecule has 0 saturated carbocycles. The number of nitrogens with two attached hydrogens (primary N) is 1. The number of aromatic amines is 1. The highest BCUT2D eigenvalue weighted by Gasteiger charge is 2.12. The van der Waals surface area contributed by atoms with Crippen LogP contribution in [0.3, 0.4) is 0 Å². The number of aromatic nitrogens is 2. The Bertz CT molecular complexity index is 628. The molecule has 3 N–H and O–H groups in total. The normalized spacial score (nSPS) is 10.9. The molecule has 0 bridgehead atoms. The Morgan fingerprint density at radius 3 is 2.78 bits per heavy atom. The number of halogens is 1. The molecule has 0 fully saturated rings. The largest absolute Gasteiger partial charge is 0.330 e. The molecule has 2 aromatic rings. The summed E-state index contributed by atoms with van der Waals surface area (Å²) in [5, 5.41) is 3.47. The zero-order chi connectivity index (χ0) is 13.3. The van der Waals surface area contributed by atoms with Crippen LogP contribution in [0.1, 0.15) is 16.8 Å². The number of benzene rings is 1. The molecule has 18 heavy (non-hydrogen) atoms. The van der Waals surface area contributed by atoms with Crippen LogP contribution in [-0.2, 0) is 6.42 Å². The maximum atomic E-state index is 11.9. The van der Waals surface area contributed by atoms with E-state index in [1.807, 2.05) is 32.0 Å². The van der Waals surface area contributed by atoms with Crippen molar-refractivity contribution in [2.24, 2.45) is 5.73 Å². The second kappa shape index (κ2) is 5.00. The molecule has 0 aliphatic rings. The molecule has 0 amide bonds. The topological polar surface area (TPSA) is 63.8 Å². The second-order valence-electron chi connectivity index (χ2n) is 4.31. The van der Waals surface area contributed by atoms with Gasteiger partial charge in [0.2, 0.25) is 0 Å². The Hall–Kier alpha value is -1.52. The number of nitrogens with one attached hydrogen (secondary N) is 1. The molecule has 2 rings (SSSR count). The van der Waals surface area contributed by atoms with E-state index in [1.165, 1.54) is 0 Å². The van der Waals surface area contributed by atoms with E-state index >= 15 is 0 Å². The number of aryl methyl sites for hydroxylation is 1. The minimum absolute atomic E-state index is 0.0858. The van der Waals surface area contributed by atoms with Crippen molar-refractivity contribution >= 4 is 11.6 Å². The Kier molecular flexibility index (Phi) is 3.59. The molecule has 0 spiro atoms. The van der Waals surface area contributed by atoms with Crippen LogP contribution in [-0.4, -0.2) is 16.3 Å². The molecule has 1 aromatic carbocycles. The average molecular weight is 266 g/mol. The molecule has 0 atom stereocenters. The fourth-order valence-electron chi connectivity index (χ4n) is 2.06. The summed E-state index contributed by atoms with van der Waals surface area (Å²) in [5.41, 5.74) is 8.99. The SMILES string of the molecule is Cc1ccc(Cl)cc1-n1[nH]c(=O)c(CCN)c1C. The van der Waals surface area contributed by atoms with Crippen molar-refractivity contribution < 1.29 is 0 Å². The lowest BCUT2D eigenvalue weighted by molar-refractivity contribution is 0.826. The van der Waals surface area contributed by atoms with Gasteiger partial charge in [0.05, 0.1) is 5.69 Å². The number of rotatable bonds is 3. The summed E-state index contributed by atoms with van der Waals surface area (Å²) in [7, 11) is 0. The van der Waals surface area contributed by atoms with Gasteiger partial charge < -0.3 is 5.73 Å². The molecule has 0 radical (unpaired) electrons. The molecule has 0 unspecified atom stereocenters. The molecular formula is C13H16ClN3O. The van der Waals surface area contributed by atoms with E-state index in [9.17, 15) is 4.79 Å². The fourth-order valence-corrected chi connectivity index (χ4v) is 2.22. The maximum Gasteiger partial charge on any atom is 0.267 e. The van der Waals surface area contributed by atoms with Gasteiger partial charge in [-0.05, 0) is 44.5 Å². The Balaban J connectivity index is 2.61. The number of hydrogen-bond donors (Lipinski definition) is 2. The van der Waals surface area contributed by atoms with Crippen molar-refractivity contribution in [2.75, 3.05) is 6.54 Å². The summed E-state index contributed by atoms with van der Waals surface area (Å²) in [4.78, 5) is 11.9. The van der Waals surface area contributed by atoms with Gasteiger partial charge in [0, 0.05) is 16.3 Å². The minimum atomic E-state index is -0.0858. The quantitative estimate of drug-likeness (QED) is 0.891. The van der Waals surface area contributed by atoms with Gasteiger partial charge in [-0.15, -0.1) is 0 Å². The third-order valence-corrected chi connectivity index (χ3v) is 3.30. The minimum Gasteiger partial charge on any atom is -0.330 e. The van der Waals surface area contributed by atoms with E-state index in [0.29, 0.717) is 18.0 Å². The van der Waals surface area contributed by atoms with Crippen LogP contribution in [0.15, 0.2) is 23.0 Å². The Labute approximate surface area is 110 Å². The predicted octanol–water partition coefficient (Wildman–Crippen LogP) is 1.94. The number of H-pyrrole nitrogens is 1.